The van der Waals surface area contributed by atoms with Crippen LogP contribution in [-0.4, -0.2) is 11.7 Å². The summed E-state index contributed by atoms with van der Waals surface area (Å²) in [5, 5.41) is 6.17. The molecule has 5 aliphatic rings. The maximum Gasteiger partial charge on any atom is 0.169 e. The molecule has 0 fully saturated rings. The first-order valence-corrected chi connectivity index (χ1v) is 23.0. The SMILES string of the molecule is c1ccc2c(c1)-c1ccccc1C21c2ccccc2-c2ccc(C3=NC(c4ccc5c(c4)C4(c6ccccc6-c6ccccc64)c4ccccc4-5)N=C(c4cccc5ccccc45)N3)cc21. The summed E-state index contributed by atoms with van der Waals surface area (Å²) in [4.78, 5) is 11.2. The summed E-state index contributed by atoms with van der Waals surface area (Å²) in [5.74, 6) is 1.62. The van der Waals surface area contributed by atoms with Crippen LogP contribution >= 0.6 is 0 Å². The second kappa shape index (κ2) is 13.1. The average molecular weight is 838 g/mol. The topological polar surface area (TPSA) is 36.8 Å². The van der Waals surface area contributed by atoms with Crippen molar-refractivity contribution in [3.8, 4) is 44.5 Å². The van der Waals surface area contributed by atoms with E-state index < -0.39 is 17.0 Å². The molecule has 66 heavy (non-hydrogen) atoms. The molecule has 0 radical (unpaired) electrons. The molecule has 10 aromatic carbocycles. The quantitative estimate of drug-likeness (QED) is 0.189. The summed E-state index contributed by atoms with van der Waals surface area (Å²) in [6.07, 6.45) is -0.513. The number of amidine groups is 2. The zero-order chi connectivity index (χ0) is 43.1. The van der Waals surface area contributed by atoms with Crippen LogP contribution in [-0.2, 0) is 10.8 Å². The highest BCUT2D eigenvalue weighted by atomic mass is 15.2. The van der Waals surface area contributed by atoms with Crippen molar-refractivity contribution < 1.29 is 0 Å². The zero-order valence-electron chi connectivity index (χ0n) is 35.8. The molecule has 306 valence electrons. The van der Waals surface area contributed by atoms with Crippen molar-refractivity contribution >= 4 is 22.4 Å². The molecule has 10 aromatic rings. The standard InChI is InChI=1S/C63H39N3/c1-2-18-41-38(16-1)17-15-25-50(41)61-65-59(39-32-34-48-46-23-7-13-30-55(46)62(57(48)36-39)51-26-9-3-19-42(51)43-20-4-10-27-52(43)62)64-60(66-61)40-33-35-49-47-24-8-14-31-56(47)63(58(49)37-40)53-28-11-5-21-44(53)45-22-6-12-29-54(45)63/h1-37,59H,(H,64,65,66). The molecule has 0 saturated heterocycles. The lowest BCUT2D eigenvalue weighted by molar-refractivity contribution is 0.743. The van der Waals surface area contributed by atoms with Crippen LogP contribution in [0.15, 0.2) is 234 Å². The molecule has 15 rings (SSSR count). The summed E-state index contributed by atoms with van der Waals surface area (Å²) in [5.41, 5.74) is 23.0. The van der Waals surface area contributed by atoms with Gasteiger partial charge in [0.25, 0.3) is 0 Å². The van der Waals surface area contributed by atoms with Crippen LogP contribution in [0, 0.1) is 0 Å². The zero-order valence-corrected chi connectivity index (χ0v) is 35.8. The lowest BCUT2D eigenvalue weighted by atomic mass is 9.70. The van der Waals surface area contributed by atoms with Crippen LogP contribution in [0.2, 0.25) is 0 Å². The van der Waals surface area contributed by atoms with Gasteiger partial charge in [-0.3, -0.25) is 0 Å². The van der Waals surface area contributed by atoms with Gasteiger partial charge in [-0.15, -0.1) is 0 Å². The first kappa shape index (κ1) is 36.0. The molecule has 1 atom stereocenters. The molecule has 1 heterocycles. The molecule has 2 spiro atoms. The fourth-order valence-corrected chi connectivity index (χ4v) is 12.8. The van der Waals surface area contributed by atoms with Crippen molar-refractivity contribution in [2.45, 2.75) is 17.0 Å². The van der Waals surface area contributed by atoms with Gasteiger partial charge in [-0.2, -0.15) is 0 Å². The van der Waals surface area contributed by atoms with Crippen molar-refractivity contribution in [2.75, 3.05) is 0 Å². The second-order valence-corrected chi connectivity index (χ2v) is 18.3. The van der Waals surface area contributed by atoms with E-state index in [4.69, 9.17) is 9.98 Å². The smallest absolute Gasteiger partial charge is 0.169 e. The van der Waals surface area contributed by atoms with E-state index in [0.717, 1.165) is 33.7 Å². The Labute approximate surface area is 383 Å². The fourth-order valence-electron chi connectivity index (χ4n) is 12.8. The lowest BCUT2D eigenvalue weighted by Gasteiger charge is -2.31. The third-order valence-electron chi connectivity index (χ3n) is 15.4. The highest BCUT2D eigenvalue weighted by Crippen LogP contribution is 2.64. The van der Waals surface area contributed by atoms with E-state index in [1.54, 1.807) is 0 Å². The van der Waals surface area contributed by atoms with E-state index in [0.29, 0.717) is 0 Å². The van der Waals surface area contributed by atoms with E-state index in [-0.39, 0.29) is 0 Å². The Bertz CT molecular complexity index is 3700. The monoisotopic (exact) mass is 837 g/mol. The number of hydrogen-bond donors (Lipinski definition) is 1. The average Bonchev–Trinajstić information content (AvgIpc) is 4.07. The number of aliphatic imine (C=N–C) groups is 2. The normalized spacial score (nSPS) is 16.6. The summed E-state index contributed by atoms with van der Waals surface area (Å²) in [6, 6.07) is 83.2. The molecule has 1 aliphatic heterocycles. The minimum absolute atomic E-state index is 0.464. The molecule has 3 heteroatoms. The highest BCUT2D eigenvalue weighted by Gasteiger charge is 2.53. The van der Waals surface area contributed by atoms with E-state index in [2.05, 4.69) is 230 Å². The largest absolute Gasteiger partial charge is 0.324 e. The Morgan fingerprint density at radius 3 is 1.20 bits per heavy atom. The number of fused-ring (bicyclic) bond motifs is 21. The molecule has 1 unspecified atom stereocenters. The first-order chi connectivity index (χ1) is 32.7. The molecule has 4 aliphatic carbocycles. The van der Waals surface area contributed by atoms with Crippen molar-refractivity contribution in [1.82, 2.24) is 5.32 Å². The van der Waals surface area contributed by atoms with Crippen molar-refractivity contribution in [3.05, 3.63) is 286 Å². The Hall–Kier alpha value is -8.40. The van der Waals surface area contributed by atoms with Crippen LogP contribution in [0.25, 0.3) is 55.3 Å². The third kappa shape index (κ3) is 4.47. The van der Waals surface area contributed by atoms with Gasteiger partial charge in [0.1, 0.15) is 11.7 Å². The Morgan fingerprint density at radius 2 is 0.682 bits per heavy atom. The molecule has 0 saturated carbocycles. The maximum absolute atomic E-state index is 5.65. The predicted octanol–water partition coefficient (Wildman–Crippen LogP) is 14.0. The number of hydrogen-bond acceptors (Lipinski definition) is 3. The van der Waals surface area contributed by atoms with Crippen LogP contribution in [0.4, 0.5) is 0 Å². The molecule has 0 bridgehead atoms. The van der Waals surface area contributed by atoms with Gasteiger partial charge in [0, 0.05) is 11.1 Å². The van der Waals surface area contributed by atoms with Crippen LogP contribution in [0.5, 0.6) is 0 Å². The number of benzene rings is 10. The van der Waals surface area contributed by atoms with Gasteiger partial charge in [0.05, 0.1) is 10.8 Å². The van der Waals surface area contributed by atoms with Gasteiger partial charge in [-0.05, 0) is 117 Å². The number of rotatable bonds is 3. The van der Waals surface area contributed by atoms with E-state index >= 15 is 0 Å². The first-order valence-electron chi connectivity index (χ1n) is 23.0. The van der Waals surface area contributed by atoms with Gasteiger partial charge in [-0.25, -0.2) is 9.98 Å². The summed E-state index contributed by atoms with van der Waals surface area (Å²) >= 11 is 0. The van der Waals surface area contributed by atoms with Gasteiger partial charge in [-0.1, -0.05) is 212 Å². The number of nitrogens with one attached hydrogen (secondary N) is 1. The predicted molar refractivity (Wildman–Crippen MR) is 268 cm³/mol. The molecule has 0 aromatic heterocycles. The van der Waals surface area contributed by atoms with Crippen molar-refractivity contribution in [1.29, 1.82) is 0 Å². The van der Waals surface area contributed by atoms with E-state index in [1.807, 2.05) is 0 Å². The van der Waals surface area contributed by atoms with E-state index in [9.17, 15) is 0 Å². The fraction of sp³-hybridized carbons (Fsp3) is 0.0476. The number of nitrogens with zero attached hydrogens (tertiary/aromatic N) is 2. The van der Waals surface area contributed by atoms with Crippen molar-refractivity contribution in [3.63, 3.8) is 0 Å². The van der Waals surface area contributed by atoms with Crippen LogP contribution in [0.1, 0.15) is 67.4 Å². The summed E-state index contributed by atoms with van der Waals surface area (Å²) < 4.78 is 0. The molecule has 1 N–H and O–H groups in total. The Kier molecular flexibility index (Phi) is 7.14. The Morgan fingerprint density at radius 1 is 0.303 bits per heavy atom. The van der Waals surface area contributed by atoms with Crippen LogP contribution in [0.3, 0.4) is 0 Å². The molecular weight excluding hydrogens is 799 g/mol. The lowest BCUT2D eigenvalue weighted by Crippen LogP contribution is -2.36. The molecular formula is C63H39N3. The minimum Gasteiger partial charge on any atom is -0.324 e. The van der Waals surface area contributed by atoms with Gasteiger partial charge in [0.2, 0.25) is 0 Å². The molecule has 0 amide bonds. The van der Waals surface area contributed by atoms with Crippen molar-refractivity contribution in [2.24, 2.45) is 9.98 Å². The van der Waals surface area contributed by atoms with Gasteiger partial charge >= 0.3 is 0 Å². The summed E-state index contributed by atoms with van der Waals surface area (Å²) in [6.45, 7) is 0. The maximum atomic E-state index is 5.65. The molecule has 3 nitrogen and oxygen atoms in total. The van der Waals surface area contributed by atoms with E-state index in [1.165, 1.54) is 94.4 Å². The van der Waals surface area contributed by atoms with Crippen LogP contribution < -0.4 is 5.32 Å². The highest BCUT2D eigenvalue weighted by molar-refractivity contribution is 6.20. The van der Waals surface area contributed by atoms with Gasteiger partial charge in [0.15, 0.2) is 6.17 Å². The minimum atomic E-state index is -0.513. The third-order valence-corrected chi connectivity index (χ3v) is 15.4. The summed E-state index contributed by atoms with van der Waals surface area (Å²) in [7, 11) is 0. The Balaban J connectivity index is 0.957. The van der Waals surface area contributed by atoms with Gasteiger partial charge < -0.3 is 5.32 Å². The second-order valence-electron chi connectivity index (χ2n) is 18.3.